The van der Waals surface area contributed by atoms with Gasteiger partial charge in [-0.2, -0.15) is 0 Å². The first-order valence-electron chi connectivity index (χ1n) is 4.90. The summed E-state index contributed by atoms with van der Waals surface area (Å²) in [6.07, 6.45) is 4.20. The normalized spacial score (nSPS) is 30.7. The molecule has 0 heterocycles. The van der Waals surface area contributed by atoms with Crippen molar-refractivity contribution in [1.29, 1.82) is 0 Å². The van der Waals surface area contributed by atoms with Gasteiger partial charge in [-0.05, 0) is 19.3 Å². The quantitative estimate of drug-likeness (QED) is 0.684. The zero-order valence-corrected chi connectivity index (χ0v) is 8.05. The Morgan fingerprint density at radius 3 is 2.58 bits per heavy atom. The van der Waals surface area contributed by atoms with Gasteiger partial charge < -0.3 is 5.73 Å². The van der Waals surface area contributed by atoms with E-state index in [2.05, 4.69) is 0 Å². The van der Waals surface area contributed by atoms with Crippen LogP contribution in [0.3, 0.4) is 0 Å². The van der Waals surface area contributed by atoms with E-state index in [1.54, 1.807) is 0 Å². The third kappa shape index (κ3) is 2.31. The number of hydrogen-bond acceptors (Lipinski definition) is 2. The fourth-order valence-corrected chi connectivity index (χ4v) is 1.96. The van der Waals surface area contributed by atoms with Crippen molar-refractivity contribution in [3.8, 4) is 0 Å². The summed E-state index contributed by atoms with van der Waals surface area (Å²) in [5.41, 5.74) is 5.81. The minimum absolute atomic E-state index is 0.181. The van der Waals surface area contributed by atoms with Crippen LogP contribution in [-0.4, -0.2) is 11.8 Å². The summed E-state index contributed by atoms with van der Waals surface area (Å²) in [6, 6.07) is 0.270. The van der Waals surface area contributed by atoms with Crippen LogP contribution in [0.5, 0.6) is 0 Å². The Morgan fingerprint density at radius 1 is 1.42 bits per heavy atom. The van der Waals surface area contributed by atoms with Crippen LogP contribution in [0.15, 0.2) is 0 Å². The van der Waals surface area contributed by atoms with E-state index in [-0.39, 0.29) is 17.9 Å². The average molecular weight is 169 g/mol. The van der Waals surface area contributed by atoms with Crippen molar-refractivity contribution in [3.05, 3.63) is 0 Å². The van der Waals surface area contributed by atoms with Crippen LogP contribution >= 0.6 is 0 Å². The Hall–Kier alpha value is -0.370. The third-order valence-corrected chi connectivity index (χ3v) is 2.69. The van der Waals surface area contributed by atoms with Crippen LogP contribution in [-0.2, 0) is 4.79 Å². The number of Topliss-reactive ketones (excluding diaryl/α,β-unsaturated/α-hetero) is 1. The molecule has 0 bridgehead atoms. The lowest BCUT2D eigenvalue weighted by Crippen LogP contribution is -2.33. The number of ketones is 1. The first kappa shape index (κ1) is 9.72. The number of carbonyl (C=O) groups is 1. The number of rotatable bonds is 2. The largest absolute Gasteiger partial charge is 0.328 e. The monoisotopic (exact) mass is 169 g/mol. The van der Waals surface area contributed by atoms with Crippen molar-refractivity contribution < 1.29 is 4.79 Å². The second-order valence-electron chi connectivity index (χ2n) is 4.18. The molecule has 2 N–H and O–H groups in total. The molecule has 1 fully saturated rings. The maximum absolute atomic E-state index is 11.6. The summed E-state index contributed by atoms with van der Waals surface area (Å²) in [6.45, 7) is 3.95. The van der Waals surface area contributed by atoms with Crippen LogP contribution in [0.4, 0.5) is 0 Å². The van der Waals surface area contributed by atoms with Gasteiger partial charge in [0.1, 0.15) is 5.78 Å². The van der Waals surface area contributed by atoms with Crippen LogP contribution in [0.2, 0.25) is 0 Å². The molecule has 1 rings (SSSR count). The Labute approximate surface area is 74.5 Å². The molecule has 1 aliphatic rings. The van der Waals surface area contributed by atoms with Gasteiger partial charge in [-0.1, -0.05) is 20.3 Å². The van der Waals surface area contributed by atoms with Gasteiger partial charge in [0.15, 0.2) is 0 Å². The van der Waals surface area contributed by atoms with Crippen LogP contribution in [0, 0.1) is 11.8 Å². The third-order valence-electron chi connectivity index (χ3n) is 2.69. The van der Waals surface area contributed by atoms with Crippen LogP contribution in [0.1, 0.15) is 39.5 Å². The molecule has 70 valence electrons. The molecular formula is C10H19NO. The van der Waals surface area contributed by atoms with Gasteiger partial charge in [0.05, 0.1) is 0 Å². The lowest BCUT2D eigenvalue weighted by Gasteiger charge is -2.26. The summed E-state index contributed by atoms with van der Waals surface area (Å²) < 4.78 is 0. The molecule has 0 saturated heterocycles. The smallest absolute Gasteiger partial charge is 0.138 e. The van der Waals surface area contributed by atoms with E-state index >= 15 is 0 Å². The number of hydrogen-bond donors (Lipinski definition) is 1. The van der Waals surface area contributed by atoms with Gasteiger partial charge >= 0.3 is 0 Å². The number of carbonyl (C=O) groups excluding carboxylic acids is 1. The highest BCUT2D eigenvalue weighted by Gasteiger charge is 2.26. The van der Waals surface area contributed by atoms with Gasteiger partial charge in [0.2, 0.25) is 0 Å². The van der Waals surface area contributed by atoms with Gasteiger partial charge in [-0.3, -0.25) is 4.79 Å². The van der Waals surface area contributed by atoms with Crippen molar-refractivity contribution in [3.63, 3.8) is 0 Å². The van der Waals surface area contributed by atoms with E-state index in [1.165, 1.54) is 0 Å². The predicted molar refractivity (Wildman–Crippen MR) is 49.8 cm³/mol. The highest BCUT2D eigenvalue weighted by atomic mass is 16.1. The Morgan fingerprint density at radius 2 is 2.08 bits per heavy atom. The van der Waals surface area contributed by atoms with Gasteiger partial charge in [-0.25, -0.2) is 0 Å². The van der Waals surface area contributed by atoms with E-state index in [9.17, 15) is 4.79 Å². The topological polar surface area (TPSA) is 43.1 Å². The molecule has 0 aliphatic heterocycles. The number of nitrogens with two attached hydrogens (primary N) is 1. The zero-order valence-electron chi connectivity index (χ0n) is 8.05. The molecule has 2 heteroatoms. The van der Waals surface area contributed by atoms with Crippen molar-refractivity contribution in [2.75, 3.05) is 0 Å². The zero-order chi connectivity index (χ0) is 9.14. The fraction of sp³-hybridized carbons (Fsp3) is 0.900. The summed E-state index contributed by atoms with van der Waals surface area (Å²) in [5.74, 6) is 0.846. The molecule has 1 saturated carbocycles. The SMILES string of the molecule is CC(C)C(=O)[C@@H]1CCC[C@@H](N)C1. The van der Waals surface area contributed by atoms with E-state index in [0.717, 1.165) is 25.7 Å². The van der Waals surface area contributed by atoms with Crippen LogP contribution < -0.4 is 5.73 Å². The molecule has 2 nitrogen and oxygen atoms in total. The molecular weight excluding hydrogens is 150 g/mol. The maximum atomic E-state index is 11.6. The summed E-state index contributed by atoms with van der Waals surface area (Å²) >= 11 is 0. The summed E-state index contributed by atoms with van der Waals surface area (Å²) in [5, 5.41) is 0. The second-order valence-corrected chi connectivity index (χ2v) is 4.18. The summed E-state index contributed by atoms with van der Waals surface area (Å²) in [7, 11) is 0. The van der Waals surface area contributed by atoms with E-state index in [1.807, 2.05) is 13.8 Å². The molecule has 0 radical (unpaired) electrons. The van der Waals surface area contributed by atoms with Gasteiger partial charge in [0.25, 0.3) is 0 Å². The average Bonchev–Trinajstić information content (AvgIpc) is 2.03. The Bertz CT molecular complexity index is 165. The van der Waals surface area contributed by atoms with E-state index in [0.29, 0.717) is 5.78 Å². The van der Waals surface area contributed by atoms with Crippen LogP contribution in [0.25, 0.3) is 0 Å². The van der Waals surface area contributed by atoms with Crippen molar-refractivity contribution >= 4 is 5.78 Å². The minimum atomic E-state index is 0.181. The predicted octanol–water partition coefficient (Wildman–Crippen LogP) is 1.73. The first-order valence-corrected chi connectivity index (χ1v) is 4.90. The molecule has 0 aromatic carbocycles. The molecule has 0 spiro atoms. The first-order chi connectivity index (χ1) is 5.61. The molecule has 0 amide bonds. The fourth-order valence-electron chi connectivity index (χ4n) is 1.96. The van der Waals surface area contributed by atoms with Crippen molar-refractivity contribution in [2.24, 2.45) is 17.6 Å². The highest BCUT2D eigenvalue weighted by Crippen LogP contribution is 2.25. The lowest BCUT2D eigenvalue weighted by molar-refractivity contribution is -0.126. The highest BCUT2D eigenvalue weighted by molar-refractivity contribution is 5.82. The Kier molecular flexibility index (Phi) is 3.27. The molecule has 0 aromatic heterocycles. The maximum Gasteiger partial charge on any atom is 0.138 e. The molecule has 0 unspecified atom stereocenters. The van der Waals surface area contributed by atoms with E-state index < -0.39 is 0 Å². The Balaban J connectivity index is 2.46. The van der Waals surface area contributed by atoms with E-state index in [4.69, 9.17) is 5.73 Å². The standard InChI is InChI=1S/C10H19NO/c1-7(2)10(12)8-4-3-5-9(11)6-8/h7-9H,3-6,11H2,1-2H3/t8-,9-/m1/s1. The molecule has 1 aliphatic carbocycles. The van der Waals surface area contributed by atoms with Gasteiger partial charge in [-0.15, -0.1) is 0 Å². The summed E-state index contributed by atoms with van der Waals surface area (Å²) in [4.78, 5) is 11.6. The second kappa shape index (κ2) is 4.04. The lowest BCUT2D eigenvalue weighted by atomic mass is 9.80. The van der Waals surface area contributed by atoms with Crippen molar-refractivity contribution in [1.82, 2.24) is 0 Å². The minimum Gasteiger partial charge on any atom is -0.328 e. The van der Waals surface area contributed by atoms with Gasteiger partial charge in [0, 0.05) is 17.9 Å². The van der Waals surface area contributed by atoms with Crippen molar-refractivity contribution in [2.45, 2.75) is 45.6 Å². The molecule has 2 atom stereocenters. The molecule has 12 heavy (non-hydrogen) atoms. The molecule has 0 aromatic rings.